The molecule has 0 bridgehead atoms. The number of amides is 2. The zero-order chi connectivity index (χ0) is 25.1. The van der Waals surface area contributed by atoms with Gasteiger partial charge < -0.3 is 15.7 Å². The average Bonchev–Trinajstić information content (AvgIpc) is 3.41. The lowest BCUT2D eigenvalue weighted by molar-refractivity contribution is 0.0702. The van der Waals surface area contributed by atoms with Crippen molar-refractivity contribution in [1.82, 2.24) is 20.1 Å². The number of carbonyl (C=O) groups excluding carboxylic acids is 2. The zero-order valence-electron chi connectivity index (χ0n) is 18.1. The minimum Gasteiger partial charge on any atom is -0.477 e. The molecule has 0 unspecified atom stereocenters. The number of ketones is 1. The Bertz CT molecular complexity index is 1450. The van der Waals surface area contributed by atoms with E-state index in [9.17, 15) is 19.5 Å². The predicted octanol–water partition coefficient (Wildman–Crippen LogP) is 5.19. The van der Waals surface area contributed by atoms with Gasteiger partial charge in [-0.3, -0.25) is 9.36 Å². The first-order chi connectivity index (χ1) is 16.7. The lowest BCUT2D eigenvalue weighted by atomic mass is 10.0. The second-order valence-corrected chi connectivity index (χ2v) is 9.13. The normalized spacial score (nSPS) is 10.7. The van der Waals surface area contributed by atoms with Crippen LogP contribution in [0.1, 0.15) is 37.2 Å². The Hall–Kier alpha value is -3.73. The number of aryl methyl sites for hydroxylation is 1. The molecule has 0 saturated heterocycles. The molecule has 12 heteroatoms. The van der Waals surface area contributed by atoms with Gasteiger partial charge in [0.05, 0.1) is 17.1 Å². The van der Waals surface area contributed by atoms with Gasteiger partial charge in [-0.15, -0.1) is 21.5 Å². The topological polar surface area (TPSA) is 126 Å². The number of urea groups is 1. The van der Waals surface area contributed by atoms with Crippen LogP contribution in [0.4, 0.5) is 10.5 Å². The van der Waals surface area contributed by atoms with Crippen molar-refractivity contribution < 1.29 is 19.5 Å². The summed E-state index contributed by atoms with van der Waals surface area (Å²) in [4.78, 5) is 37.4. The van der Waals surface area contributed by atoms with E-state index in [1.807, 2.05) is 0 Å². The van der Waals surface area contributed by atoms with Crippen molar-refractivity contribution in [2.75, 3.05) is 5.32 Å². The number of anilines is 1. The molecule has 2 amide bonds. The molecule has 178 valence electrons. The first-order valence-corrected chi connectivity index (χ1v) is 11.7. The number of thiophene rings is 1. The van der Waals surface area contributed by atoms with E-state index < -0.39 is 17.8 Å². The number of hydrogen-bond acceptors (Lipinski definition) is 6. The van der Waals surface area contributed by atoms with Crippen LogP contribution in [0.25, 0.3) is 5.00 Å². The largest absolute Gasteiger partial charge is 0.477 e. The highest BCUT2D eigenvalue weighted by atomic mass is 35.5. The molecule has 0 aliphatic carbocycles. The highest BCUT2D eigenvalue weighted by Gasteiger charge is 2.26. The summed E-state index contributed by atoms with van der Waals surface area (Å²) in [6, 6.07) is 14.0. The highest BCUT2D eigenvalue weighted by Crippen LogP contribution is 2.32. The fourth-order valence-electron chi connectivity index (χ4n) is 3.29. The van der Waals surface area contributed by atoms with Gasteiger partial charge >= 0.3 is 12.0 Å². The first kappa shape index (κ1) is 24.4. The SMILES string of the molecule is Cc1nnc(CNC(=O)Nc2cccc(Cl)c2)n1-c1sc(C(=O)O)cc1C(=O)c1ccccc1Cl. The third-order valence-electron chi connectivity index (χ3n) is 4.87. The third kappa shape index (κ3) is 5.35. The molecule has 2 aromatic heterocycles. The third-order valence-corrected chi connectivity index (χ3v) is 6.54. The number of benzene rings is 2. The van der Waals surface area contributed by atoms with Crippen molar-refractivity contribution >= 4 is 58.0 Å². The molecular weight excluding hydrogens is 513 g/mol. The number of aromatic nitrogens is 3. The van der Waals surface area contributed by atoms with Crippen molar-refractivity contribution in [2.24, 2.45) is 0 Å². The molecule has 3 N–H and O–H groups in total. The fourth-order valence-corrected chi connectivity index (χ4v) is 4.77. The standard InChI is InChI=1S/C23H17Cl2N5O4S/c1-12-28-29-19(11-26-23(34)27-14-6-4-5-13(24)9-14)30(12)21-16(10-18(35-21)22(32)33)20(31)15-7-2-3-8-17(15)25/h2-10H,11H2,1H3,(H,32,33)(H2,26,27,34). The maximum Gasteiger partial charge on any atom is 0.345 e. The number of hydrogen-bond donors (Lipinski definition) is 3. The first-order valence-electron chi connectivity index (χ1n) is 10.1. The Kier molecular flexibility index (Phi) is 7.15. The van der Waals surface area contributed by atoms with Crippen molar-refractivity contribution in [1.29, 1.82) is 0 Å². The summed E-state index contributed by atoms with van der Waals surface area (Å²) < 4.78 is 1.54. The average molecular weight is 530 g/mol. The Morgan fingerprint density at radius 3 is 2.51 bits per heavy atom. The van der Waals surface area contributed by atoms with Crippen molar-refractivity contribution in [3.8, 4) is 5.00 Å². The molecule has 0 spiro atoms. The molecule has 0 atom stereocenters. The minimum absolute atomic E-state index is 0.0406. The summed E-state index contributed by atoms with van der Waals surface area (Å²) in [7, 11) is 0. The summed E-state index contributed by atoms with van der Waals surface area (Å²) >= 11 is 13.0. The summed E-state index contributed by atoms with van der Waals surface area (Å²) in [5, 5.41) is 24.1. The molecule has 2 heterocycles. The number of halogens is 2. The van der Waals surface area contributed by atoms with Crippen LogP contribution in [0.15, 0.2) is 54.6 Å². The van der Waals surface area contributed by atoms with Crippen LogP contribution in [-0.4, -0.2) is 37.7 Å². The molecule has 35 heavy (non-hydrogen) atoms. The van der Waals surface area contributed by atoms with Crippen LogP contribution < -0.4 is 10.6 Å². The van der Waals surface area contributed by atoms with Gasteiger partial charge in [0.15, 0.2) is 11.6 Å². The van der Waals surface area contributed by atoms with Crippen LogP contribution in [0.2, 0.25) is 10.0 Å². The predicted molar refractivity (Wildman–Crippen MR) is 133 cm³/mol. The van der Waals surface area contributed by atoms with Crippen LogP contribution in [-0.2, 0) is 6.54 Å². The second kappa shape index (κ2) is 10.3. The molecule has 0 radical (unpaired) electrons. The van der Waals surface area contributed by atoms with Gasteiger partial charge in [-0.2, -0.15) is 0 Å². The maximum absolute atomic E-state index is 13.3. The number of nitrogens with zero attached hydrogens (tertiary/aromatic N) is 3. The van der Waals surface area contributed by atoms with E-state index in [2.05, 4.69) is 20.8 Å². The zero-order valence-corrected chi connectivity index (χ0v) is 20.4. The molecule has 0 saturated carbocycles. The summed E-state index contributed by atoms with van der Waals surface area (Å²) in [6.45, 7) is 1.61. The lowest BCUT2D eigenvalue weighted by Crippen LogP contribution is -2.29. The van der Waals surface area contributed by atoms with Crippen molar-refractivity contribution in [3.05, 3.63) is 92.3 Å². The van der Waals surface area contributed by atoms with Gasteiger partial charge in [0, 0.05) is 16.3 Å². The van der Waals surface area contributed by atoms with Crippen LogP contribution >= 0.6 is 34.5 Å². The van der Waals surface area contributed by atoms with E-state index in [0.29, 0.717) is 27.4 Å². The Morgan fingerprint density at radius 2 is 1.80 bits per heavy atom. The number of rotatable bonds is 7. The van der Waals surface area contributed by atoms with E-state index in [1.54, 1.807) is 60.0 Å². The monoisotopic (exact) mass is 529 g/mol. The Balaban J connectivity index is 1.65. The molecule has 0 fully saturated rings. The number of carbonyl (C=O) groups is 3. The molecule has 2 aromatic carbocycles. The minimum atomic E-state index is -1.18. The number of aromatic carboxylic acids is 1. The Morgan fingerprint density at radius 1 is 1.03 bits per heavy atom. The molecular formula is C23H17Cl2N5O4S. The van der Waals surface area contributed by atoms with Crippen molar-refractivity contribution in [2.45, 2.75) is 13.5 Å². The number of carboxylic acid groups (broad SMARTS) is 1. The summed E-state index contributed by atoms with van der Waals surface area (Å²) in [5.41, 5.74) is 0.870. The van der Waals surface area contributed by atoms with E-state index in [4.69, 9.17) is 23.2 Å². The van der Waals surface area contributed by atoms with Crippen LogP contribution in [0.3, 0.4) is 0 Å². The summed E-state index contributed by atoms with van der Waals surface area (Å²) in [6.07, 6.45) is 0. The smallest absolute Gasteiger partial charge is 0.345 e. The van der Waals surface area contributed by atoms with Crippen LogP contribution in [0.5, 0.6) is 0 Å². The van der Waals surface area contributed by atoms with Gasteiger partial charge in [0.1, 0.15) is 15.7 Å². The van der Waals surface area contributed by atoms with Crippen LogP contribution in [0, 0.1) is 6.92 Å². The van der Waals surface area contributed by atoms with E-state index >= 15 is 0 Å². The quantitative estimate of drug-likeness (QED) is 0.282. The second-order valence-electron chi connectivity index (χ2n) is 7.26. The van der Waals surface area contributed by atoms with Gasteiger partial charge in [0.2, 0.25) is 0 Å². The Labute approximate surface area is 213 Å². The number of nitrogens with one attached hydrogen (secondary N) is 2. The van der Waals surface area contributed by atoms with Gasteiger partial charge in [-0.05, 0) is 43.3 Å². The van der Waals surface area contributed by atoms with Gasteiger partial charge in [0.25, 0.3) is 0 Å². The molecule has 0 aliphatic heterocycles. The maximum atomic E-state index is 13.3. The van der Waals surface area contributed by atoms with Gasteiger partial charge in [-0.1, -0.05) is 41.4 Å². The molecule has 4 rings (SSSR count). The van der Waals surface area contributed by atoms with E-state index in [-0.39, 0.29) is 27.6 Å². The van der Waals surface area contributed by atoms with E-state index in [0.717, 1.165) is 11.3 Å². The number of carboxylic acids is 1. The molecule has 4 aromatic rings. The summed E-state index contributed by atoms with van der Waals surface area (Å²) in [5.74, 6) is -0.916. The van der Waals surface area contributed by atoms with Gasteiger partial charge in [-0.25, -0.2) is 9.59 Å². The molecule has 9 nitrogen and oxygen atoms in total. The van der Waals surface area contributed by atoms with Crippen molar-refractivity contribution in [3.63, 3.8) is 0 Å². The lowest BCUT2D eigenvalue weighted by Gasteiger charge is -2.11. The highest BCUT2D eigenvalue weighted by molar-refractivity contribution is 7.16. The fraction of sp³-hybridized carbons (Fsp3) is 0.0870. The molecule has 0 aliphatic rings. The van der Waals surface area contributed by atoms with E-state index in [1.165, 1.54) is 6.07 Å².